The van der Waals surface area contributed by atoms with E-state index in [1.165, 1.54) is 14.0 Å². The van der Waals surface area contributed by atoms with E-state index >= 15 is 0 Å². The van der Waals surface area contributed by atoms with E-state index in [0.717, 1.165) is 30.4 Å². The van der Waals surface area contributed by atoms with Gasteiger partial charge in [0.25, 0.3) is 5.91 Å². The third-order valence-corrected chi connectivity index (χ3v) is 3.19. The number of nitrogens with one attached hydrogen (secondary N) is 2. The number of hydrogen-bond acceptors (Lipinski definition) is 4. The molecule has 0 spiro atoms. The molecular weight excluding hydrogens is 365 g/mol. The molecule has 25 heavy (non-hydrogen) atoms. The number of amides is 3. The summed E-state index contributed by atoms with van der Waals surface area (Å²) in [5.74, 6) is -1.86. The highest BCUT2D eigenvalue weighted by molar-refractivity contribution is 6.32. The van der Waals surface area contributed by atoms with E-state index in [1.54, 1.807) is 0 Å². The van der Waals surface area contributed by atoms with Crippen molar-refractivity contribution in [3.8, 4) is 0 Å². The zero-order valence-corrected chi connectivity index (χ0v) is 13.9. The van der Waals surface area contributed by atoms with Crippen LogP contribution in [0.4, 0.5) is 18.0 Å². The third-order valence-electron chi connectivity index (χ3n) is 2.85. The topological polar surface area (TPSA) is 84.5 Å². The van der Waals surface area contributed by atoms with Crippen LogP contribution < -0.4 is 10.6 Å². The Morgan fingerprint density at radius 3 is 2.48 bits per heavy atom. The molecule has 136 valence electrons. The molecule has 2 N–H and O–H groups in total. The van der Waals surface area contributed by atoms with Crippen LogP contribution in [0.3, 0.4) is 0 Å². The molecule has 0 aromatic heterocycles. The Morgan fingerprint density at radius 2 is 1.92 bits per heavy atom. The number of hydrogen-bond donors (Lipinski definition) is 2. The number of imide groups is 1. The lowest BCUT2D eigenvalue weighted by molar-refractivity contribution is -0.149. The minimum Gasteiger partial charge on any atom is -0.449 e. The van der Waals surface area contributed by atoms with Gasteiger partial charge in [0.2, 0.25) is 0 Å². The van der Waals surface area contributed by atoms with Gasteiger partial charge in [0.1, 0.15) is 0 Å². The Balaban J connectivity index is 2.77. The molecule has 0 saturated carbocycles. The van der Waals surface area contributed by atoms with Crippen LogP contribution in [0.1, 0.15) is 18.1 Å². The first-order chi connectivity index (χ1) is 11.5. The molecule has 0 fully saturated rings. The normalized spacial score (nSPS) is 12.6. The zero-order valence-electron chi connectivity index (χ0n) is 13.1. The van der Waals surface area contributed by atoms with E-state index in [2.05, 4.69) is 5.32 Å². The molecule has 1 aromatic carbocycles. The van der Waals surface area contributed by atoms with Crippen molar-refractivity contribution >= 4 is 35.6 Å². The summed E-state index contributed by atoms with van der Waals surface area (Å²) in [6.45, 7) is 1.22. The summed E-state index contributed by atoms with van der Waals surface area (Å²) in [6.07, 6.45) is -3.99. The highest BCUT2D eigenvalue weighted by atomic mass is 35.5. The zero-order chi connectivity index (χ0) is 19.2. The summed E-state index contributed by atoms with van der Waals surface area (Å²) in [6, 6.07) is 1.85. The molecule has 6 nitrogen and oxygen atoms in total. The number of rotatable bonds is 4. The van der Waals surface area contributed by atoms with Gasteiger partial charge in [-0.1, -0.05) is 11.6 Å². The summed E-state index contributed by atoms with van der Waals surface area (Å²) in [5.41, 5.74) is -0.973. The maximum Gasteiger partial charge on any atom is 0.416 e. The SMILES string of the molecule is CNC(=O)NC(=O)[C@H](C)OC(=O)/C=C/c1cc(C(F)(F)F)ccc1Cl. The molecule has 1 rings (SSSR count). The van der Waals surface area contributed by atoms with E-state index < -0.39 is 35.8 Å². The van der Waals surface area contributed by atoms with Crippen molar-refractivity contribution in [2.45, 2.75) is 19.2 Å². The minimum atomic E-state index is -4.56. The maximum absolute atomic E-state index is 12.7. The summed E-state index contributed by atoms with van der Waals surface area (Å²) >= 11 is 5.78. The first kappa shape index (κ1) is 20.5. The average Bonchev–Trinajstić information content (AvgIpc) is 2.52. The van der Waals surface area contributed by atoms with Crippen LogP contribution in [0.5, 0.6) is 0 Å². The van der Waals surface area contributed by atoms with Crippen molar-refractivity contribution in [3.05, 3.63) is 40.4 Å². The highest BCUT2D eigenvalue weighted by Crippen LogP contribution is 2.32. The van der Waals surface area contributed by atoms with Crippen molar-refractivity contribution in [3.63, 3.8) is 0 Å². The molecule has 0 aliphatic rings. The van der Waals surface area contributed by atoms with E-state index in [4.69, 9.17) is 16.3 Å². The molecule has 1 aromatic rings. The average molecular weight is 379 g/mol. The van der Waals surface area contributed by atoms with Gasteiger partial charge in [0, 0.05) is 18.1 Å². The van der Waals surface area contributed by atoms with Crippen molar-refractivity contribution in [1.82, 2.24) is 10.6 Å². The molecule has 0 saturated heterocycles. The third kappa shape index (κ3) is 6.46. The second-order valence-corrected chi connectivity index (χ2v) is 5.12. The van der Waals surface area contributed by atoms with Gasteiger partial charge < -0.3 is 10.1 Å². The first-order valence-electron chi connectivity index (χ1n) is 6.82. The Hall–Kier alpha value is -2.55. The Bertz CT molecular complexity index is 705. The predicted octanol–water partition coefficient (Wildman–Crippen LogP) is 2.76. The largest absolute Gasteiger partial charge is 0.449 e. The number of carbonyl (C=O) groups excluding carboxylic acids is 3. The number of ether oxygens (including phenoxy) is 1. The standard InChI is InChI=1S/C15H14ClF3N2O4/c1-8(13(23)21-14(24)20-2)25-12(22)6-3-9-7-10(15(17,18)19)4-5-11(9)16/h3-8H,1-2H3,(H2,20,21,23,24)/b6-3+/t8-/m0/s1. The van der Waals surface area contributed by atoms with Crippen LogP contribution in [-0.2, 0) is 20.5 Å². The highest BCUT2D eigenvalue weighted by Gasteiger charge is 2.30. The number of alkyl halides is 3. The summed E-state index contributed by atoms with van der Waals surface area (Å²) in [5, 5.41) is 4.05. The van der Waals surface area contributed by atoms with Gasteiger partial charge in [-0.3, -0.25) is 10.1 Å². The Kier molecular flexibility index (Phi) is 6.98. The monoisotopic (exact) mass is 378 g/mol. The van der Waals surface area contributed by atoms with E-state index in [-0.39, 0.29) is 10.6 Å². The number of esters is 1. The van der Waals surface area contributed by atoms with Gasteiger partial charge in [0.15, 0.2) is 6.10 Å². The molecule has 0 unspecified atom stereocenters. The molecule has 3 amide bonds. The van der Waals surface area contributed by atoms with Crippen LogP contribution in [0.2, 0.25) is 5.02 Å². The predicted molar refractivity (Wildman–Crippen MR) is 83.6 cm³/mol. The van der Waals surface area contributed by atoms with Crippen LogP contribution in [0, 0.1) is 0 Å². The summed E-state index contributed by atoms with van der Waals surface area (Å²) in [7, 11) is 1.29. The van der Waals surface area contributed by atoms with E-state index in [9.17, 15) is 27.6 Å². The van der Waals surface area contributed by atoms with Gasteiger partial charge in [0.05, 0.1) is 5.56 Å². The Labute approximate surface area is 146 Å². The lowest BCUT2D eigenvalue weighted by atomic mass is 10.1. The molecular formula is C15H14ClF3N2O4. The van der Waals surface area contributed by atoms with Gasteiger partial charge in [-0.25, -0.2) is 9.59 Å². The van der Waals surface area contributed by atoms with Crippen LogP contribution in [0.15, 0.2) is 24.3 Å². The summed E-state index contributed by atoms with van der Waals surface area (Å²) in [4.78, 5) is 34.1. The molecule has 0 heterocycles. The molecule has 10 heteroatoms. The molecule has 0 aliphatic heterocycles. The van der Waals surface area contributed by atoms with Crippen molar-refractivity contribution < 1.29 is 32.3 Å². The summed E-state index contributed by atoms with van der Waals surface area (Å²) < 4.78 is 42.7. The molecule has 1 atom stereocenters. The molecule has 0 radical (unpaired) electrons. The van der Waals surface area contributed by atoms with Gasteiger partial charge in [-0.15, -0.1) is 0 Å². The van der Waals surface area contributed by atoms with Crippen molar-refractivity contribution in [1.29, 1.82) is 0 Å². The number of halogens is 4. The number of urea groups is 1. The fourth-order valence-electron chi connectivity index (χ4n) is 1.55. The first-order valence-corrected chi connectivity index (χ1v) is 7.20. The van der Waals surface area contributed by atoms with Gasteiger partial charge >= 0.3 is 18.2 Å². The van der Waals surface area contributed by atoms with Gasteiger partial charge in [-0.2, -0.15) is 13.2 Å². The smallest absolute Gasteiger partial charge is 0.416 e. The Morgan fingerprint density at radius 1 is 1.28 bits per heavy atom. The van der Waals surface area contributed by atoms with Crippen molar-refractivity contribution in [2.24, 2.45) is 0 Å². The second-order valence-electron chi connectivity index (χ2n) is 4.71. The number of benzene rings is 1. The van der Waals surface area contributed by atoms with Crippen molar-refractivity contribution in [2.75, 3.05) is 7.05 Å². The number of carbonyl (C=O) groups is 3. The molecule has 0 bridgehead atoms. The quantitative estimate of drug-likeness (QED) is 0.623. The lowest BCUT2D eigenvalue weighted by Crippen LogP contribution is -2.43. The fraction of sp³-hybridized carbons (Fsp3) is 0.267. The van der Waals surface area contributed by atoms with Crippen LogP contribution in [0.25, 0.3) is 6.08 Å². The van der Waals surface area contributed by atoms with Crippen LogP contribution in [-0.4, -0.2) is 31.1 Å². The fourth-order valence-corrected chi connectivity index (χ4v) is 1.73. The second kappa shape index (κ2) is 8.52. The maximum atomic E-state index is 12.7. The van der Waals surface area contributed by atoms with E-state index in [0.29, 0.717) is 0 Å². The van der Waals surface area contributed by atoms with Gasteiger partial charge in [-0.05, 0) is 36.8 Å². The minimum absolute atomic E-state index is 0.00228. The van der Waals surface area contributed by atoms with Crippen LogP contribution >= 0.6 is 11.6 Å². The lowest BCUT2D eigenvalue weighted by Gasteiger charge is -2.11. The molecule has 0 aliphatic carbocycles. The van der Waals surface area contributed by atoms with E-state index in [1.807, 2.05) is 5.32 Å².